The van der Waals surface area contributed by atoms with Crippen molar-refractivity contribution in [2.24, 2.45) is 0 Å². The van der Waals surface area contributed by atoms with Gasteiger partial charge in [-0.25, -0.2) is 9.97 Å². The first kappa shape index (κ1) is 18.8. The van der Waals surface area contributed by atoms with E-state index in [1.54, 1.807) is 30.3 Å². The number of para-hydroxylation sites is 1. The molecule has 140 valence electrons. The van der Waals surface area contributed by atoms with E-state index in [2.05, 4.69) is 9.97 Å². The van der Waals surface area contributed by atoms with Crippen LogP contribution in [-0.4, -0.2) is 28.5 Å². The van der Waals surface area contributed by atoms with Gasteiger partial charge in [0.05, 0.1) is 18.0 Å². The Hall–Kier alpha value is -2.94. The summed E-state index contributed by atoms with van der Waals surface area (Å²) in [6, 6.07) is 12.1. The lowest BCUT2D eigenvalue weighted by molar-refractivity contribution is -0.203. The highest BCUT2D eigenvalue weighted by Crippen LogP contribution is 2.38. The van der Waals surface area contributed by atoms with Crippen molar-refractivity contribution in [1.29, 1.82) is 0 Å². The molecular formula is C18H13F3N2O3S. The molecule has 0 N–H and O–H groups in total. The lowest BCUT2D eigenvalue weighted by Crippen LogP contribution is -2.27. The van der Waals surface area contributed by atoms with Crippen LogP contribution >= 0.6 is 12.2 Å². The molecule has 1 unspecified atom stereocenters. The van der Waals surface area contributed by atoms with Gasteiger partial charge in [0.15, 0.2) is 0 Å². The molecular weight excluding hydrogens is 381 g/mol. The van der Waals surface area contributed by atoms with Crippen LogP contribution in [0, 0.1) is 0 Å². The smallest absolute Gasteiger partial charge is 0.429 e. The lowest BCUT2D eigenvalue weighted by atomic mass is 10.1. The SMILES string of the molecule is COc1ncnc2ccc(C(OC(=S)Oc3ccccc3)C(F)(F)F)cc12. The van der Waals surface area contributed by atoms with Gasteiger partial charge in [0.1, 0.15) is 12.1 Å². The summed E-state index contributed by atoms with van der Waals surface area (Å²) < 4.78 is 55.9. The maximum atomic E-state index is 13.6. The second-order valence-corrected chi connectivity index (χ2v) is 5.70. The van der Waals surface area contributed by atoms with E-state index in [9.17, 15) is 13.2 Å². The van der Waals surface area contributed by atoms with Gasteiger partial charge in [-0.3, -0.25) is 0 Å². The van der Waals surface area contributed by atoms with Crippen LogP contribution in [0.25, 0.3) is 10.9 Å². The number of halogens is 3. The minimum Gasteiger partial charge on any atom is -0.480 e. The van der Waals surface area contributed by atoms with Gasteiger partial charge in [0.2, 0.25) is 12.0 Å². The van der Waals surface area contributed by atoms with Gasteiger partial charge in [-0.2, -0.15) is 13.2 Å². The van der Waals surface area contributed by atoms with Crippen LogP contribution in [0.4, 0.5) is 13.2 Å². The van der Waals surface area contributed by atoms with Crippen molar-refractivity contribution < 1.29 is 27.4 Å². The van der Waals surface area contributed by atoms with Gasteiger partial charge in [0.25, 0.3) is 0 Å². The number of ether oxygens (including phenoxy) is 3. The van der Waals surface area contributed by atoms with Crippen molar-refractivity contribution in [3.05, 3.63) is 60.4 Å². The summed E-state index contributed by atoms with van der Waals surface area (Å²) in [6.07, 6.45) is -5.77. The summed E-state index contributed by atoms with van der Waals surface area (Å²) in [5.41, 5.74) is 0.261. The van der Waals surface area contributed by atoms with Gasteiger partial charge in [-0.15, -0.1) is 0 Å². The Labute approximate surface area is 157 Å². The van der Waals surface area contributed by atoms with Gasteiger partial charge in [-0.05, 0) is 24.3 Å². The minimum atomic E-state index is -4.72. The van der Waals surface area contributed by atoms with E-state index in [0.717, 1.165) is 0 Å². The topological polar surface area (TPSA) is 53.5 Å². The van der Waals surface area contributed by atoms with Gasteiger partial charge in [0, 0.05) is 17.8 Å². The molecule has 2 aromatic carbocycles. The Kier molecular flexibility index (Phi) is 5.41. The molecule has 27 heavy (non-hydrogen) atoms. The molecule has 1 heterocycles. The van der Waals surface area contributed by atoms with Crippen LogP contribution in [0.1, 0.15) is 11.7 Å². The summed E-state index contributed by atoms with van der Waals surface area (Å²) >= 11 is 4.83. The third-order valence-corrected chi connectivity index (χ3v) is 3.75. The van der Waals surface area contributed by atoms with Crippen molar-refractivity contribution >= 4 is 28.4 Å². The highest BCUT2D eigenvalue weighted by atomic mass is 32.1. The predicted molar refractivity (Wildman–Crippen MR) is 95.6 cm³/mol. The largest absolute Gasteiger partial charge is 0.480 e. The number of methoxy groups -OCH3 is 1. The van der Waals surface area contributed by atoms with E-state index in [0.29, 0.717) is 10.9 Å². The van der Waals surface area contributed by atoms with Crippen LogP contribution in [0.15, 0.2) is 54.9 Å². The average Bonchev–Trinajstić information content (AvgIpc) is 2.65. The van der Waals surface area contributed by atoms with Crippen LogP contribution in [0.5, 0.6) is 11.6 Å². The van der Waals surface area contributed by atoms with E-state index >= 15 is 0 Å². The second-order valence-electron chi connectivity index (χ2n) is 5.36. The predicted octanol–water partition coefficient (Wildman–Crippen LogP) is 4.62. The summed E-state index contributed by atoms with van der Waals surface area (Å²) in [7, 11) is 1.37. The molecule has 0 aliphatic heterocycles. The van der Waals surface area contributed by atoms with E-state index in [-0.39, 0.29) is 17.2 Å². The van der Waals surface area contributed by atoms with Crippen LogP contribution in [0.3, 0.4) is 0 Å². The zero-order chi connectivity index (χ0) is 19.4. The van der Waals surface area contributed by atoms with Crippen molar-refractivity contribution in [2.45, 2.75) is 12.3 Å². The molecule has 1 atom stereocenters. The molecule has 0 radical (unpaired) electrons. The van der Waals surface area contributed by atoms with Gasteiger partial charge in [-0.1, -0.05) is 24.3 Å². The molecule has 3 rings (SSSR count). The highest BCUT2D eigenvalue weighted by Gasteiger charge is 2.44. The Balaban J connectivity index is 1.91. The molecule has 0 spiro atoms. The summed E-state index contributed by atoms with van der Waals surface area (Å²) in [6.45, 7) is 0. The van der Waals surface area contributed by atoms with Crippen molar-refractivity contribution in [3.63, 3.8) is 0 Å². The number of hydrogen-bond donors (Lipinski definition) is 0. The molecule has 1 aromatic heterocycles. The van der Waals surface area contributed by atoms with Crippen LogP contribution in [-0.2, 0) is 4.74 Å². The standard InChI is InChI=1S/C18H13F3N2O3S/c1-24-16-13-9-11(7-8-14(13)22-10-23-16)15(18(19,20)21)26-17(27)25-12-5-3-2-4-6-12/h2-10,15H,1H3. The fraction of sp³-hybridized carbons (Fsp3) is 0.167. The van der Waals surface area contributed by atoms with E-state index in [4.69, 9.17) is 26.4 Å². The first-order valence-corrected chi connectivity index (χ1v) is 8.08. The highest BCUT2D eigenvalue weighted by molar-refractivity contribution is 7.79. The summed E-state index contributed by atoms with van der Waals surface area (Å²) in [5, 5.41) is -0.315. The van der Waals surface area contributed by atoms with E-state index in [1.165, 1.54) is 31.6 Å². The summed E-state index contributed by atoms with van der Waals surface area (Å²) in [5.74, 6) is 0.433. The van der Waals surface area contributed by atoms with Gasteiger partial charge >= 0.3 is 11.4 Å². The lowest BCUT2D eigenvalue weighted by Gasteiger charge is -2.22. The van der Waals surface area contributed by atoms with E-state index < -0.39 is 17.5 Å². The van der Waals surface area contributed by atoms with Crippen molar-refractivity contribution in [3.8, 4) is 11.6 Å². The molecule has 0 bridgehead atoms. The average molecular weight is 394 g/mol. The van der Waals surface area contributed by atoms with Crippen LogP contribution in [0.2, 0.25) is 0 Å². The Morgan fingerprint density at radius 3 is 2.48 bits per heavy atom. The number of alkyl halides is 3. The van der Waals surface area contributed by atoms with Gasteiger partial charge < -0.3 is 14.2 Å². The molecule has 0 aliphatic rings. The number of fused-ring (bicyclic) bond motifs is 1. The number of rotatable bonds is 4. The minimum absolute atomic E-state index is 0.158. The summed E-state index contributed by atoms with van der Waals surface area (Å²) in [4.78, 5) is 7.90. The number of thiocarbonyl (C=S) groups is 1. The maximum Gasteiger partial charge on any atom is 0.429 e. The first-order chi connectivity index (χ1) is 12.9. The molecule has 0 amide bonds. The molecule has 0 saturated carbocycles. The number of benzene rings is 2. The quantitative estimate of drug-likeness (QED) is 0.602. The zero-order valence-electron chi connectivity index (χ0n) is 13.9. The fourth-order valence-corrected chi connectivity index (χ4v) is 2.60. The molecule has 0 saturated heterocycles. The third kappa shape index (κ3) is 4.43. The van der Waals surface area contributed by atoms with E-state index in [1.807, 2.05) is 0 Å². The van der Waals surface area contributed by atoms with Crippen molar-refractivity contribution in [2.75, 3.05) is 7.11 Å². The maximum absolute atomic E-state index is 13.6. The molecule has 9 heteroatoms. The fourth-order valence-electron chi connectivity index (χ4n) is 2.41. The Morgan fingerprint density at radius 1 is 1.07 bits per heavy atom. The monoisotopic (exact) mass is 394 g/mol. The Bertz CT molecular complexity index is 951. The first-order valence-electron chi connectivity index (χ1n) is 7.67. The molecule has 0 fully saturated rings. The number of aromatic nitrogens is 2. The second kappa shape index (κ2) is 7.75. The number of hydrogen-bond acceptors (Lipinski definition) is 6. The van der Waals surface area contributed by atoms with Crippen LogP contribution < -0.4 is 9.47 Å². The zero-order valence-corrected chi connectivity index (χ0v) is 14.8. The number of nitrogens with zero attached hydrogens (tertiary/aromatic N) is 2. The molecule has 3 aromatic rings. The normalized spacial score (nSPS) is 12.4. The van der Waals surface area contributed by atoms with Crippen molar-refractivity contribution in [1.82, 2.24) is 9.97 Å². The Morgan fingerprint density at radius 2 is 1.81 bits per heavy atom. The third-order valence-electron chi connectivity index (χ3n) is 3.57. The molecule has 5 nitrogen and oxygen atoms in total. The molecule has 0 aliphatic carbocycles.